The van der Waals surface area contributed by atoms with Crippen LogP contribution < -0.4 is 15.8 Å². The van der Waals surface area contributed by atoms with Gasteiger partial charge < -0.3 is 9.13 Å². The lowest BCUT2D eigenvalue weighted by Gasteiger charge is -2.33. The summed E-state index contributed by atoms with van der Waals surface area (Å²) in [6.07, 6.45) is 3.51. The predicted octanol–water partition coefficient (Wildman–Crippen LogP) is 0.390. The molecule has 0 unspecified atom stereocenters. The summed E-state index contributed by atoms with van der Waals surface area (Å²) in [5, 5.41) is 0. The molecule has 1 aliphatic heterocycles. The molecule has 0 radical (unpaired) electrons. The van der Waals surface area contributed by atoms with Crippen LogP contribution in [0.1, 0.15) is 26.2 Å². The average molecular weight is 394 g/mol. The highest BCUT2D eigenvalue weighted by atomic mass is 32.2. The van der Waals surface area contributed by atoms with E-state index in [0.717, 1.165) is 19.4 Å². The number of rotatable bonds is 5. The van der Waals surface area contributed by atoms with Crippen LogP contribution in [0.2, 0.25) is 0 Å². The molecule has 0 saturated carbocycles. The Morgan fingerprint density at radius 3 is 2.41 bits per heavy atom. The molecule has 0 spiro atoms. The molecule has 27 heavy (non-hydrogen) atoms. The van der Waals surface area contributed by atoms with Crippen LogP contribution in [0.15, 0.2) is 32.7 Å². The van der Waals surface area contributed by atoms with E-state index in [0.29, 0.717) is 30.2 Å². The minimum Gasteiger partial charge on any atom is -0.305 e. The van der Waals surface area contributed by atoms with E-state index in [1.54, 1.807) is 6.07 Å². The van der Waals surface area contributed by atoms with Crippen molar-refractivity contribution >= 4 is 21.1 Å². The highest BCUT2D eigenvalue weighted by Crippen LogP contribution is 2.17. The van der Waals surface area contributed by atoms with Gasteiger partial charge in [-0.3, -0.25) is 14.5 Å². The summed E-state index contributed by atoms with van der Waals surface area (Å²) in [7, 11) is -0.738. The van der Waals surface area contributed by atoms with Crippen LogP contribution >= 0.6 is 0 Å². The Morgan fingerprint density at radius 2 is 1.74 bits per heavy atom. The third-order valence-corrected chi connectivity index (χ3v) is 6.86. The van der Waals surface area contributed by atoms with Crippen molar-refractivity contribution in [2.24, 2.45) is 14.1 Å². The number of piperidine rings is 1. The zero-order valence-electron chi connectivity index (χ0n) is 15.9. The van der Waals surface area contributed by atoms with Crippen molar-refractivity contribution in [3.63, 3.8) is 0 Å². The van der Waals surface area contributed by atoms with E-state index in [-0.39, 0.29) is 4.90 Å². The van der Waals surface area contributed by atoms with Crippen molar-refractivity contribution in [1.29, 1.82) is 0 Å². The number of nitrogens with zero attached hydrogens (tertiary/aromatic N) is 3. The third kappa shape index (κ3) is 3.85. The Hall–Kier alpha value is -1.97. The Kier molecular flexibility index (Phi) is 5.55. The Morgan fingerprint density at radius 1 is 1.07 bits per heavy atom. The number of likely N-dealkylation sites (tertiary alicyclic amines) is 1. The van der Waals surface area contributed by atoms with Crippen molar-refractivity contribution in [2.45, 2.75) is 37.1 Å². The zero-order valence-corrected chi connectivity index (χ0v) is 16.8. The van der Waals surface area contributed by atoms with Crippen LogP contribution in [0, 0.1) is 0 Å². The van der Waals surface area contributed by atoms with Gasteiger partial charge >= 0.3 is 11.1 Å². The molecule has 0 bridgehead atoms. The summed E-state index contributed by atoms with van der Waals surface area (Å²) in [6, 6.07) is 4.91. The summed E-state index contributed by atoms with van der Waals surface area (Å²) >= 11 is 0. The second-order valence-corrected chi connectivity index (χ2v) is 8.92. The lowest BCUT2D eigenvalue weighted by atomic mass is 10.0. The first-order chi connectivity index (χ1) is 12.7. The molecule has 3 rings (SSSR count). The van der Waals surface area contributed by atoms with Crippen LogP contribution in [-0.4, -0.2) is 48.1 Å². The highest BCUT2D eigenvalue weighted by Gasteiger charge is 2.20. The van der Waals surface area contributed by atoms with Gasteiger partial charge in [-0.15, -0.1) is 0 Å². The topological polar surface area (TPSA) is 93.4 Å². The normalized spacial score (nSPS) is 18.9. The zero-order chi connectivity index (χ0) is 19.8. The van der Waals surface area contributed by atoms with E-state index in [1.807, 2.05) is 0 Å². The molecule has 1 aromatic heterocycles. The molecule has 9 heteroatoms. The molecular weight excluding hydrogens is 368 g/mol. The smallest absolute Gasteiger partial charge is 0.305 e. The minimum atomic E-state index is -3.70. The first kappa shape index (κ1) is 19.8. The van der Waals surface area contributed by atoms with E-state index < -0.39 is 21.1 Å². The van der Waals surface area contributed by atoms with E-state index >= 15 is 0 Å². The summed E-state index contributed by atoms with van der Waals surface area (Å²) < 4.78 is 30.4. The number of hydrogen-bond donors (Lipinski definition) is 1. The molecule has 1 aliphatic rings. The fourth-order valence-corrected chi connectivity index (χ4v) is 4.67. The number of aryl methyl sites for hydroxylation is 2. The molecule has 1 atom stereocenters. The van der Waals surface area contributed by atoms with Gasteiger partial charge in [0.05, 0.1) is 15.9 Å². The van der Waals surface area contributed by atoms with Gasteiger partial charge in [-0.05, 0) is 44.5 Å². The number of fused-ring (bicyclic) bond motifs is 1. The Labute approximate surface area is 158 Å². The van der Waals surface area contributed by atoms with Crippen LogP contribution in [0.5, 0.6) is 0 Å². The summed E-state index contributed by atoms with van der Waals surface area (Å²) in [6.45, 7) is 4.16. The van der Waals surface area contributed by atoms with Gasteiger partial charge in [0.2, 0.25) is 10.0 Å². The van der Waals surface area contributed by atoms with Gasteiger partial charge in [-0.1, -0.05) is 6.42 Å². The van der Waals surface area contributed by atoms with Gasteiger partial charge in [0, 0.05) is 33.2 Å². The molecule has 1 fully saturated rings. The predicted molar refractivity (Wildman–Crippen MR) is 105 cm³/mol. The monoisotopic (exact) mass is 394 g/mol. The fourth-order valence-electron chi connectivity index (χ4n) is 3.63. The number of nitrogens with one attached hydrogen (secondary N) is 1. The second-order valence-electron chi connectivity index (χ2n) is 7.16. The Balaban J connectivity index is 1.83. The molecule has 1 saturated heterocycles. The van der Waals surface area contributed by atoms with Gasteiger partial charge in [0.1, 0.15) is 0 Å². The van der Waals surface area contributed by atoms with E-state index in [2.05, 4.69) is 16.5 Å². The number of aromatic nitrogens is 2. The fraction of sp³-hybridized carbons (Fsp3) is 0.556. The second kappa shape index (κ2) is 7.57. The molecular formula is C18H26N4O4S. The molecule has 0 amide bonds. The first-order valence-electron chi connectivity index (χ1n) is 9.16. The van der Waals surface area contributed by atoms with Crippen molar-refractivity contribution < 1.29 is 8.42 Å². The van der Waals surface area contributed by atoms with Crippen LogP contribution in [0.25, 0.3) is 11.0 Å². The summed E-state index contributed by atoms with van der Waals surface area (Å²) in [5.41, 5.74) is -0.432. The molecule has 2 heterocycles. The Bertz CT molecular complexity index is 1070. The number of benzene rings is 1. The van der Waals surface area contributed by atoms with E-state index in [1.165, 1.54) is 41.8 Å². The molecule has 8 nitrogen and oxygen atoms in total. The van der Waals surface area contributed by atoms with E-state index in [9.17, 15) is 18.0 Å². The van der Waals surface area contributed by atoms with Gasteiger partial charge in [0.15, 0.2) is 0 Å². The van der Waals surface area contributed by atoms with Crippen molar-refractivity contribution in [3.05, 3.63) is 38.9 Å². The summed E-state index contributed by atoms with van der Waals surface area (Å²) in [5.74, 6) is 0. The lowest BCUT2D eigenvalue weighted by molar-refractivity contribution is 0.164. The van der Waals surface area contributed by atoms with Gasteiger partial charge in [-0.2, -0.15) is 0 Å². The van der Waals surface area contributed by atoms with Crippen molar-refractivity contribution in [3.8, 4) is 0 Å². The molecule has 1 aromatic carbocycles. The first-order valence-corrected chi connectivity index (χ1v) is 10.6. The third-order valence-electron chi connectivity index (χ3n) is 5.40. The molecule has 0 aliphatic carbocycles. The maximum Gasteiger partial charge on any atom is 0.316 e. The molecule has 1 N–H and O–H groups in total. The van der Waals surface area contributed by atoms with Crippen LogP contribution in [0.3, 0.4) is 0 Å². The van der Waals surface area contributed by atoms with Gasteiger partial charge in [0.25, 0.3) is 0 Å². The van der Waals surface area contributed by atoms with Crippen LogP contribution in [0.4, 0.5) is 0 Å². The average Bonchev–Trinajstić information content (AvgIpc) is 2.65. The van der Waals surface area contributed by atoms with Crippen LogP contribution in [-0.2, 0) is 24.1 Å². The minimum absolute atomic E-state index is 0.0790. The quantitative estimate of drug-likeness (QED) is 0.741. The highest BCUT2D eigenvalue weighted by molar-refractivity contribution is 7.89. The largest absolute Gasteiger partial charge is 0.316 e. The van der Waals surface area contributed by atoms with Crippen molar-refractivity contribution in [2.75, 3.05) is 19.6 Å². The van der Waals surface area contributed by atoms with Crippen molar-refractivity contribution in [1.82, 2.24) is 18.8 Å². The maximum atomic E-state index is 12.7. The van der Waals surface area contributed by atoms with Gasteiger partial charge in [-0.25, -0.2) is 13.1 Å². The SMILES string of the molecule is C[C@@H]1CCCCN1CCNS(=O)(=O)c1ccc2c(c1)n(C)c(=O)c(=O)n2C. The summed E-state index contributed by atoms with van der Waals surface area (Å²) in [4.78, 5) is 26.3. The number of hydrogen-bond acceptors (Lipinski definition) is 5. The lowest BCUT2D eigenvalue weighted by Crippen LogP contribution is -2.42. The molecule has 2 aromatic rings. The number of sulfonamides is 1. The molecule has 148 valence electrons. The standard InChI is InChI=1S/C18H26N4O4S/c1-13-6-4-5-10-22(13)11-9-19-27(25,26)14-7-8-15-16(12-14)21(3)18(24)17(23)20(15)2/h7-8,12-13,19H,4-6,9-11H2,1-3H3/t13-/m1/s1. The van der Waals surface area contributed by atoms with E-state index in [4.69, 9.17) is 0 Å². The maximum absolute atomic E-state index is 12.7.